The van der Waals surface area contributed by atoms with Crippen LogP contribution in [0.1, 0.15) is 10.4 Å². The van der Waals surface area contributed by atoms with Crippen LogP contribution in [-0.4, -0.2) is 42.0 Å². The third-order valence-electron chi connectivity index (χ3n) is 4.79. The Bertz CT molecular complexity index is 1150. The Morgan fingerprint density at radius 2 is 1.55 bits per heavy atom. The maximum atomic E-state index is 12.8. The van der Waals surface area contributed by atoms with E-state index in [-0.39, 0.29) is 17.2 Å². The molecule has 0 spiro atoms. The van der Waals surface area contributed by atoms with Gasteiger partial charge in [-0.1, -0.05) is 18.2 Å². The van der Waals surface area contributed by atoms with Crippen LogP contribution < -0.4 is 19.1 Å². The van der Waals surface area contributed by atoms with E-state index in [4.69, 9.17) is 9.47 Å². The predicted molar refractivity (Wildman–Crippen MR) is 121 cm³/mol. The fraction of sp³-hybridized carbons (Fsp3) is 0.174. The molecule has 0 aliphatic heterocycles. The van der Waals surface area contributed by atoms with Crippen LogP contribution in [0.4, 0.5) is 11.4 Å². The van der Waals surface area contributed by atoms with Crippen molar-refractivity contribution >= 4 is 27.2 Å². The van der Waals surface area contributed by atoms with Crippen molar-refractivity contribution in [3.8, 4) is 11.5 Å². The second-order valence-corrected chi connectivity index (χ2v) is 8.65. The van der Waals surface area contributed by atoms with Crippen LogP contribution in [0.15, 0.2) is 77.7 Å². The molecule has 0 saturated carbocycles. The lowest BCUT2D eigenvalue weighted by atomic mass is 10.1. The summed E-state index contributed by atoms with van der Waals surface area (Å²) < 4.78 is 37.3. The van der Waals surface area contributed by atoms with E-state index in [1.54, 1.807) is 54.6 Å². The number of nitrogens with one attached hydrogen (secondary N) is 1. The van der Waals surface area contributed by atoms with E-state index in [1.165, 1.54) is 37.7 Å². The molecule has 0 radical (unpaired) electrons. The summed E-state index contributed by atoms with van der Waals surface area (Å²) >= 11 is 0. The van der Waals surface area contributed by atoms with Crippen molar-refractivity contribution in [2.45, 2.75) is 4.90 Å². The number of ketones is 1. The predicted octanol–water partition coefficient (Wildman–Crippen LogP) is 3.82. The summed E-state index contributed by atoms with van der Waals surface area (Å²) in [6.07, 6.45) is 0. The molecule has 0 atom stereocenters. The summed E-state index contributed by atoms with van der Waals surface area (Å²) in [6, 6.07) is 20.1. The van der Waals surface area contributed by atoms with Crippen molar-refractivity contribution in [1.29, 1.82) is 0 Å². The van der Waals surface area contributed by atoms with Gasteiger partial charge in [-0.25, -0.2) is 8.42 Å². The topological polar surface area (TPSA) is 84.9 Å². The monoisotopic (exact) mass is 440 g/mol. The van der Waals surface area contributed by atoms with E-state index in [0.717, 1.165) is 0 Å². The average molecular weight is 441 g/mol. The fourth-order valence-corrected chi connectivity index (χ4v) is 4.17. The summed E-state index contributed by atoms with van der Waals surface area (Å²) in [6.45, 7) is 0.0471. The zero-order valence-electron chi connectivity index (χ0n) is 17.5. The maximum Gasteiger partial charge on any atom is 0.264 e. The minimum atomic E-state index is -3.68. The van der Waals surface area contributed by atoms with Crippen molar-refractivity contribution in [2.24, 2.45) is 0 Å². The Hall–Kier alpha value is -3.52. The Balaban J connectivity index is 1.67. The third kappa shape index (κ3) is 4.97. The normalized spacial score (nSPS) is 10.9. The first kappa shape index (κ1) is 22.2. The van der Waals surface area contributed by atoms with Gasteiger partial charge in [0.15, 0.2) is 17.3 Å². The lowest BCUT2D eigenvalue weighted by Gasteiger charge is -2.19. The Morgan fingerprint density at radius 1 is 0.903 bits per heavy atom. The van der Waals surface area contributed by atoms with Gasteiger partial charge in [-0.2, -0.15) is 0 Å². The van der Waals surface area contributed by atoms with Gasteiger partial charge in [0.2, 0.25) is 0 Å². The summed E-state index contributed by atoms with van der Waals surface area (Å²) in [5.74, 6) is 0.885. The molecular formula is C23H24N2O5S. The zero-order chi connectivity index (χ0) is 22.4. The van der Waals surface area contributed by atoms with Crippen molar-refractivity contribution in [3.05, 3.63) is 78.4 Å². The number of nitrogens with zero attached hydrogens (tertiary/aromatic N) is 1. The van der Waals surface area contributed by atoms with Crippen molar-refractivity contribution in [3.63, 3.8) is 0 Å². The summed E-state index contributed by atoms with van der Waals surface area (Å²) in [4.78, 5) is 12.7. The number of benzene rings is 3. The molecule has 0 bridgehead atoms. The number of carbonyl (C=O) groups is 1. The molecule has 0 aromatic heterocycles. The summed E-state index contributed by atoms with van der Waals surface area (Å²) in [7, 11) is 0.867. The molecule has 0 aliphatic carbocycles. The average Bonchev–Trinajstić information content (AvgIpc) is 2.82. The van der Waals surface area contributed by atoms with Crippen molar-refractivity contribution < 1.29 is 22.7 Å². The standard InChI is InChI=1S/C23H24N2O5S/c1-25(19-7-5-4-6-8-19)31(27,28)20-12-10-18(11-13-20)24-16-21(26)17-9-14-22(29-2)23(15-17)30-3/h4-15,24H,16H2,1-3H3. The van der Waals surface area contributed by atoms with Gasteiger partial charge in [-0.15, -0.1) is 0 Å². The molecule has 0 saturated heterocycles. The molecule has 3 aromatic carbocycles. The van der Waals surface area contributed by atoms with Gasteiger partial charge < -0.3 is 14.8 Å². The van der Waals surface area contributed by atoms with Gasteiger partial charge in [0.1, 0.15) is 0 Å². The first-order valence-corrected chi connectivity index (χ1v) is 10.9. The molecule has 7 nitrogen and oxygen atoms in total. The van der Waals surface area contributed by atoms with Crippen LogP contribution in [0.3, 0.4) is 0 Å². The molecule has 1 N–H and O–H groups in total. The highest BCUT2D eigenvalue weighted by atomic mass is 32.2. The number of sulfonamides is 1. The Morgan fingerprint density at radius 3 is 2.16 bits per heavy atom. The van der Waals surface area contributed by atoms with Gasteiger partial charge in [0.25, 0.3) is 10.0 Å². The molecule has 162 valence electrons. The van der Waals surface area contributed by atoms with Crippen molar-refractivity contribution in [2.75, 3.05) is 37.4 Å². The summed E-state index contributed by atoms with van der Waals surface area (Å²) in [5.41, 5.74) is 1.69. The molecular weight excluding hydrogens is 416 g/mol. The highest BCUT2D eigenvalue weighted by molar-refractivity contribution is 7.92. The Labute approximate surface area is 182 Å². The van der Waals surface area contributed by atoms with E-state index in [9.17, 15) is 13.2 Å². The quantitative estimate of drug-likeness (QED) is 0.509. The lowest BCUT2D eigenvalue weighted by molar-refractivity contribution is 0.101. The molecule has 0 amide bonds. The van der Waals surface area contributed by atoms with Gasteiger partial charge in [-0.3, -0.25) is 9.10 Å². The first-order valence-electron chi connectivity index (χ1n) is 9.50. The maximum absolute atomic E-state index is 12.8. The van der Waals surface area contributed by atoms with E-state index in [2.05, 4.69) is 5.32 Å². The lowest BCUT2D eigenvalue weighted by Crippen LogP contribution is -2.26. The second-order valence-electron chi connectivity index (χ2n) is 6.68. The number of Topliss-reactive ketones (excluding diaryl/α,β-unsaturated/α-hetero) is 1. The molecule has 0 heterocycles. The number of anilines is 2. The van der Waals surface area contributed by atoms with E-state index in [1.807, 2.05) is 6.07 Å². The number of methoxy groups -OCH3 is 2. The number of hydrogen-bond donors (Lipinski definition) is 1. The number of rotatable bonds is 9. The van der Waals surface area contributed by atoms with Gasteiger partial charge in [0, 0.05) is 18.3 Å². The number of carbonyl (C=O) groups excluding carboxylic acids is 1. The van der Waals surface area contributed by atoms with Crippen LogP contribution in [0.5, 0.6) is 11.5 Å². The molecule has 0 aliphatic rings. The summed E-state index contributed by atoms with van der Waals surface area (Å²) in [5, 5.41) is 3.02. The fourth-order valence-electron chi connectivity index (χ4n) is 2.97. The number of ether oxygens (including phenoxy) is 2. The molecule has 0 unspecified atom stereocenters. The molecule has 31 heavy (non-hydrogen) atoms. The minimum Gasteiger partial charge on any atom is -0.493 e. The molecule has 3 rings (SSSR count). The zero-order valence-corrected chi connectivity index (χ0v) is 18.3. The highest BCUT2D eigenvalue weighted by Crippen LogP contribution is 2.28. The largest absolute Gasteiger partial charge is 0.493 e. The van der Waals surface area contributed by atoms with Crippen LogP contribution >= 0.6 is 0 Å². The minimum absolute atomic E-state index is 0.0471. The van der Waals surface area contributed by atoms with Crippen LogP contribution in [-0.2, 0) is 10.0 Å². The number of hydrogen-bond acceptors (Lipinski definition) is 6. The first-order chi connectivity index (χ1) is 14.9. The van der Waals surface area contributed by atoms with Gasteiger partial charge >= 0.3 is 0 Å². The molecule has 8 heteroatoms. The van der Waals surface area contributed by atoms with Gasteiger partial charge in [-0.05, 0) is 54.6 Å². The Kier molecular flexibility index (Phi) is 6.81. The smallest absolute Gasteiger partial charge is 0.264 e. The van der Waals surface area contributed by atoms with Crippen molar-refractivity contribution in [1.82, 2.24) is 0 Å². The SMILES string of the molecule is COc1ccc(C(=O)CNc2ccc(S(=O)(=O)N(C)c3ccccc3)cc2)cc1OC. The molecule has 0 fully saturated rings. The molecule has 3 aromatic rings. The number of para-hydroxylation sites is 1. The van der Waals surface area contributed by atoms with Crippen LogP contribution in [0.25, 0.3) is 0 Å². The van der Waals surface area contributed by atoms with Crippen LogP contribution in [0, 0.1) is 0 Å². The second kappa shape index (κ2) is 9.53. The van der Waals surface area contributed by atoms with E-state index in [0.29, 0.717) is 28.4 Å². The van der Waals surface area contributed by atoms with E-state index < -0.39 is 10.0 Å². The van der Waals surface area contributed by atoms with E-state index >= 15 is 0 Å². The third-order valence-corrected chi connectivity index (χ3v) is 6.59. The van der Waals surface area contributed by atoms with Gasteiger partial charge in [0.05, 0.1) is 31.3 Å². The van der Waals surface area contributed by atoms with Crippen LogP contribution in [0.2, 0.25) is 0 Å². The highest BCUT2D eigenvalue weighted by Gasteiger charge is 2.21.